The summed E-state index contributed by atoms with van der Waals surface area (Å²) in [6.45, 7) is 5.22. The average Bonchev–Trinajstić information content (AvgIpc) is 3.44. The zero-order valence-corrected chi connectivity index (χ0v) is 18.6. The lowest BCUT2D eigenvalue weighted by Gasteiger charge is -2.42. The van der Waals surface area contributed by atoms with E-state index in [4.69, 9.17) is 0 Å². The Hall–Kier alpha value is -3.59. The first-order valence-corrected chi connectivity index (χ1v) is 11.2. The summed E-state index contributed by atoms with van der Waals surface area (Å²) >= 11 is 0. The van der Waals surface area contributed by atoms with Gasteiger partial charge in [-0.2, -0.15) is 15.3 Å². The molecule has 2 N–H and O–H groups in total. The number of aryl methyl sites for hydroxylation is 1. The molecule has 0 bridgehead atoms. The molecule has 9 nitrogen and oxygen atoms in total. The number of carbonyl (C=O) groups is 2. The largest absolute Gasteiger partial charge is 0.350 e. The molecule has 1 atom stereocenters. The van der Waals surface area contributed by atoms with Gasteiger partial charge in [-0.1, -0.05) is 30.3 Å². The second-order valence-electron chi connectivity index (χ2n) is 9.00. The fraction of sp³-hybridized carbons (Fsp3) is 0.375. The van der Waals surface area contributed by atoms with Gasteiger partial charge >= 0.3 is 0 Å². The molecule has 1 aromatic carbocycles. The van der Waals surface area contributed by atoms with E-state index in [9.17, 15) is 9.59 Å². The minimum Gasteiger partial charge on any atom is -0.350 e. The molecule has 0 unspecified atom stereocenters. The molecule has 0 aliphatic carbocycles. The van der Waals surface area contributed by atoms with E-state index in [-0.39, 0.29) is 23.1 Å². The molecule has 2 aliphatic heterocycles. The average molecular weight is 446 g/mol. The van der Waals surface area contributed by atoms with E-state index in [1.165, 1.54) is 0 Å². The molecule has 2 amide bonds. The van der Waals surface area contributed by atoms with Gasteiger partial charge in [-0.05, 0) is 24.6 Å². The van der Waals surface area contributed by atoms with Crippen molar-refractivity contribution in [3.8, 4) is 0 Å². The molecule has 170 valence electrons. The number of aromatic nitrogens is 4. The van der Waals surface area contributed by atoms with Gasteiger partial charge < -0.3 is 15.5 Å². The standard InChI is InChI=1S/C24H27N7O2/c1-17-7-8-20(29-28-17)10-26-22(32)21-13-30(16-24(21)14-25-15-24)23(33)19-9-27-31(12-19)11-18-5-3-2-4-6-18/h2-9,12,21,25H,10-11,13-16H2,1H3,(H,26,32)/t21-/m0/s1. The Labute approximate surface area is 192 Å². The van der Waals surface area contributed by atoms with Crippen molar-refractivity contribution < 1.29 is 9.59 Å². The molecule has 2 saturated heterocycles. The molecule has 0 radical (unpaired) electrons. The molecular weight excluding hydrogens is 418 g/mol. The van der Waals surface area contributed by atoms with E-state index in [0.717, 1.165) is 24.3 Å². The summed E-state index contributed by atoms with van der Waals surface area (Å²) in [5.41, 5.74) is 2.99. The Kier molecular flexibility index (Phi) is 5.63. The van der Waals surface area contributed by atoms with Gasteiger partial charge in [0.25, 0.3) is 5.91 Å². The summed E-state index contributed by atoms with van der Waals surface area (Å²) in [6.07, 6.45) is 3.39. The van der Waals surface area contributed by atoms with Crippen LogP contribution in [-0.2, 0) is 17.9 Å². The highest BCUT2D eigenvalue weighted by atomic mass is 16.2. The highest BCUT2D eigenvalue weighted by Gasteiger charge is 2.54. The number of rotatable bonds is 6. The van der Waals surface area contributed by atoms with Crippen LogP contribution in [-0.4, -0.2) is 62.9 Å². The van der Waals surface area contributed by atoms with Crippen molar-refractivity contribution >= 4 is 11.8 Å². The first-order chi connectivity index (χ1) is 16.0. The van der Waals surface area contributed by atoms with Crippen molar-refractivity contribution in [3.05, 3.63) is 77.4 Å². The third-order valence-electron chi connectivity index (χ3n) is 6.57. The van der Waals surface area contributed by atoms with Crippen LogP contribution in [0, 0.1) is 18.3 Å². The second kappa shape index (κ2) is 8.74. The maximum absolute atomic E-state index is 13.2. The molecule has 33 heavy (non-hydrogen) atoms. The van der Waals surface area contributed by atoms with Crippen LogP contribution in [0.1, 0.15) is 27.3 Å². The predicted octanol–water partition coefficient (Wildman–Crippen LogP) is 1.01. The van der Waals surface area contributed by atoms with Crippen LogP contribution < -0.4 is 10.6 Å². The number of hydrogen-bond acceptors (Lipinski definition) is 6. The van der Waals surface area contributed by atoms with E-state index in [1.807, 2.05) is 49.4 Å². The lowest BCUT2D eigenvalue weighted by molar-refractivity contribution is -0.128. The molecule has 0 saturated carbocycles. The first kappa shape index (κ1) is 21.3. The van der Waals surface area contributed by atoms with Gasteiger partial charge in [-0.15, -0.1) is 0 Å². The maximum atomic E-state index is 13.2. The van der Waals surface area contributed by atoms with Gasteiger partial charge in [0.2, 0.25) is 5.91 Å². The lowest BCUT2D eigenvalue weighted by Crippen LogP contribution is -2.60. The smallest absolute Gasteiger partial charge is 0.257 e. The number of hydrogen-bond donors (Lipinski definition) is 2. The third-order valence-corrected chi connectivity index (χ3v) is 6.57. The first-order valence-electron chi connectivity index (χ1n) is 11.2. The maximum Gasteiger partial charge on any atom is 0.257 e. The number of nitrogens with one attached hydrogen (secondary N) is 2. The molecule has 9 heteroatoms. The van der Waals surface area contributed by atoms with E-state index in [2.05, 4.69) is 25.9 Å². The lowest BCUT2D eigenvalue weighted by atomic mass is 9.72. The van der Waals surface area contributed by atoms with Crippen molar-refractivity contribution in [1.29, 1.82) is 0 Å². The monoisotopic (exact) mass is 445 g/mol. The topological polar surface area (TPSA) is 105 Å². The minimum absolute atomic E-state index is 0.0473. The third kappa shape index (κ3) is 4.36. The Morgan fingerprint density at radius 3 is 2.67 bits per heavy atom. The van der Waals surface area contributed by atoms with Gasteiger partial charge in [0, 0.05) is 37.8 Å². The van der Waals surface area contributed by atoms with Gasteiger partial charge in [0.05, 0.1) is 42.2 Å². The number of amides is 2. The Morgan fingerprint density at radius 2 is 1.97 bits per heavy atom. The van der Waals surface area contributed by atoms with Gasteiger partial charge in [0.15, 0.2) is 0 Å². The van der Waals surface area contributed by atoms with Crippen molar-refractivity contribution in [2.24, 2.45) is 11.3 Å². The van der Waals surface area contributed by atoms with Crippen LogP contribution in [0.25, 0.3) is 0 Å². The highest BCUT2D eigenvalue weighted by Crippen LogP contribution is 2.40. The SMILES string of the molecule is Cc1ccc(CNC(=O)[C@@H]2CN(C(=O)c3cnn(Cc4ccccc4)c3)CC23CNC3)nn1. The number of benzene rings is 1. The minimum atomic E-state index is -0.263. The quantitative estimate of drug-likeness (QED) is 0.587. The van der Waals surface area contributed by atoms with E-state index in [0.29, 0.717) is 37.4 Å². The molecule has 2 aliphatic rings. The fourth-order valence-corrected chi connectivity index (χ4v) is 4.62. The van der Waals surface area contributed by atoms with Crippen LogP contribution in [0.15, 0.2) is 54.9 Å². The van der Waals surface area contributed by atoms with Crippen molar-refractivity contribution in [3.63, 3.8) is 0 Å². The summed E-state index contributed by atoms with van der Waals surface area (Å²) in [4.78, 5) is 28.1. The summed E-state index contributed by atoms with van der Waals surface area (Å²) in [7, 11) is 0. The molecule has 4 heterocycles. The van der Waals surface area contributed by atoms with Crippen LogP contribution in [0.5, 0.6) is 0 Å². The molecular formula is C24H27N7O2. The van der Waals surface area contributed by atoms with Crippen LogP contribution in [0.3, 0.4) is 0 Å². The van der Waals surface area contributed by atoms with Gasteiger partial charge in [0.1, 0.15) is 0 Å². The zero-order chi connectivity index (χ0) is 22.8. The summed E-state index contributed by atoms with van der Waals surface area (Å²) < 4.78 is 1.77. The Morgan fingerprint density at radius 1 is 1.15 bits per heavy atom. The second-order valence-corrected chi connectivity index (χ2v) is 9.00. The van der Waals surface area contributed by atoms with Crippen LogP contribution >= 0.6 is 0 Å². The molecule has 5 rings (SSSR count). The number of likely N-dealkylation sites (tertiary alicyclic amines) is 1. The molecule has 2 fully saturated rings. The Balaban J connectivity index is 1.24. The fourth-order valence-electron chi connectivity index (χ4n) is 4.62. The predicted molar refractivity (Wildman–Crippen MR) is 121 cm³/mol. The normalized spacial score (nSPS) is 18.8. The summed E-state index contributed by atoms with van der Waals surface area (Å²) in [6, 6.07) is 13.7. The van der Waals surface area contributed by atoms with Crippen molar-refractivity contribution in [2.45, 2.75) is 20.0 Å². The van der Waals surface area contributed by atoms with Gasteiger partial charge in [-0.3, -0.25) is 14.3 Å². The van der Waals surface area contributed by atoms with Crippen LogP contribution in [0.2, 0.25) is 0 Å². The van der Waals surface area contributed by atoms with E-state index < -0.39 is 0 Å². The van der Waals surface area contributed by atoms with E-state index in [1.54, 1.807) is 22.0 Å². The summed E-state index contributed by atoms with van der Waals surface area (Å²) in [5, 5.41) is 18.8. The molecule has 3 aromatic rings. The van der Waals surface area contributed by atoms with Crippen molar-refractivity contribution in [1.82, 2.24) is 35.5 Å². The van der Waals surface area contributed by atoms with E-state index >= 15 is 0 Å². The van der Waals surface area contributed by atoms with Crippen LogP contribution in [0.4, 0.5) is 0 Å². The highest BCUT2D eigenvalue weighted by molar-refractivity contribution is 5.95. The van der Waals surface area contributed by atoms with Crippen molar-refractivity contribution in [2.75, 3.05) is 26.2 Å². The number of nitrogens with zero attached hydrogens (tertiary/aromatic N) is 5. The number of carbonyl (C=O) groups excluding carboxylic acids is 2. The molecule has 2 aromatic heterocycles. The Bertz CT molecular complexity index is 1140. The summed E-state index contributed by atoms with van der Waals surface area (Å²) in [5.74, 6) is -0.394. The molecule has 1 spiro atoms. The van der Waals surface area contributed by atoms with Gasteiger partial charge in [-0.25, -0.2) is 0 Å². The zero-order valence-electron chi connectivity index (χ0n) is 18.6.